The lowest BCUT2D eigenvalue weighted by Gasteiger charge is -2.38. The number of anilines is 1. The maximum absolute atomic E-state index is 14.3. The van der Waals surface area contributed by atoms with Crippen LogP contribution in [0.25, 0.3) is 0 Å². The van der Waals surface area contributed by atoms with Crippen molar-refractivity contribution in [2.45, 2.75) is 51.0 Å². The number of pyridine rings is 1. The first-order valence-corrected chi connectivity index (χ1v) is 13.5. The topological polar surface area (TPSA) is 79.5 Å². The Morgan fingerprint density at radius 2 is 1.80 bits per heavy atom. The number of benzene rings is 2. The molecule has 1 unspecified atom stereocenters. The average molecular weight is 541 g/mol. The average Bonchev–Trinajstić information content (AvgIpc) is 3.51. The molecular weight excluding hydrogens is 507 g/mol. The van der Waals surface area contributed by atoms with Crippen molar-refractivity contribution in [2.24, 2.45) is 0 Å². The molecule has 0 bridgehead atoms. The molecule has 4 aromatic rings. The van der Waals surface area contributed by atoms with Gasteiger partial charge < -0.3 is 9.32 Å². The number of halogens is 1. The van der Waals surface area contributed by atoms with E-state index in [1.165, 1.54) is 23.6 Å². The zero-order valence-corrected chi connectivity index (χ0v) is 23.0. The number of nitrogens with zero attached hydrogens (tertiary/aromatic N) is 4. The minimum absolute atomic E-state index is 0.0793. The number of amides is 2. The Morgan fingerprint density at radius 3 is 2.40 bits per heavy atom. The predicted octanol–water partition coefficient (Wildman–Crippen LogP) is 6.30. The summed E-state index contributed by atoms with van der Waals surface area (Å²) in [6.45, 7) is 7.35. The van der Waals surface area contributed by atoms with Crippen LogP contribution in [0.3, 0.4) is 0 Å². The van der Waals surface area contributed by atoms with Gasteiger partial charge in [0.15, 0.2) is 12.1 Å². The molecule has 0 N–H and O–H groups in total. The number of aromatic nitrogens is 2. The second-order valence-electron chi connectivity index (χ2n) is 11.2. The Bertz CT molecular complexity index is 1440. The van der Waals surface area contributed by atoms with Crippen LogP contribution in [0.2, 0.25) is 0 Å². The third kappa shape index (κ3) is 5.81. The van der Waals surface area contributed by atoms with E-state index in [0.29, 0.717) is 37.2 Å². The van der Waals surface area contributed by atoms with Gasteiger partial charge in [0.1, 0.15) is 18.1 Å². The van der Waals surface area contributed by atoms with Crippen LogP contribution >= 0.6 is 0 Å². The van der Waals surface area contributed by atoms with Crippen molar-refractivity contribution in [1.29, 1.82) is 0 Å². The molecule has 0 radical (unpaired) electrons. The van der Waals surface area contributed by atoms with Gasteiger partial charge in [-0.05, 0) is 65.6 Å². The molecule has 0 aliphatic carbocycles. The Balaban J connectivity index is 1.50. The van der Waals surface area contributed by atoms with E-state index in [4.69, 9.17) is 4.42 Å². The standard InChI is InChI=1S/C32H33FN4O3/c1-32(2,3)25-9-11-27(12-10-25)37(30(38)28-20-40-21-35-28)29(24-7-5-15-34-19-24)31(39)36-16-13-22(14-17-36)23-6-4-8-26(33)18-23/h4-12,15,18-22,29H,13-14,16-17H2,1-3H3. The molecule has 1 fully saturated rings. The number of rotatable bonds is 6. The smallest absolute Gasteiger partial charge is 0.281 e. The fourth-order valence-electron chi connectivity index (χ4n) is 5.25. The highest BCUT2D eigenvalue weighted by Gasteiger charge is 2.38. The van der Waals surface area contributed by atoms with Crippen LogP contribution in [0.5, 0.6) is 0 Å². The molecule has 3 heterocycles. The molecule has 1 saturated heterocycles. The van der Waals surface area contributed by atoms with Gasteiger partial charge in [0.05, 0.1) is 0 Å². The van der Waals surface area contributed by atoms with E-state index in [2.05, 4.69) is 30.7 Å². The van der Waals surface area contributed by atoms with Gasteiger partial charge in [-0.1, -0.05) is 51.1 Å². The third-order valence-electron chi connectivity index (χ3n) is 7.50. The summed E-state index contributed by atoms with van der Waals surface area (Å²) in [5, 5.41) is 0. The molecule has 5 rings (SSSR count). The summed E-state index contributed by atoms with van der Waals surface area (Å²) in [5.74, 6) is -0.752. The van der Waals surface area contributed by atoms with Gasteiger partial charge in [0, 0.05) is 36.7 Å². The SMILES string of the molecule is CC(C)(C)c1ccc(N(C(=O)c2cocn2)C(C(=O)N2CCC(c3cccc(F)c3)CC2)c2cccnc2)cc1. The highest BCUT2D eigenvalue weighted by molar-refractivity contribution is 6.09. The molecule has 2 amide bonds. The molecule has 1 aliphatic heterocycles. The van der Waals surface area contributed by atoms with Gasteiger partial charge in [-0.15, -0.1) is 0 Å². The molecule has 0 saturated carbocycles. The number of likely N-dealkylation sites (tertiary alicyclic amines) is 1. The summed E-state index contributed by atoms with van der Waals surface area (Å²) >= 11 is 0. The fourth-order valence-corrected chi connectivity index (χ4v) is 5.25. The van der Waals surface area contributed by atoms with Crippen molar-refractivity contribution in [1.82, 2.24) is 14.9 Å². The van der Waals surface area contributed by atoms with Gasteiger partial charge in [-0.2, -0.15) is 0 Å². The quantitative estimate of drug-likeness (QED) is 0.287. The number of oxazole rings is 1. The monoisotopic (exact) mass is 540 g/mol. The van der Waals surface area contributed by atoms with E-state index >= 15 is 0 Å². The summed E-state index contributed by atoms with van der Waals surface area (Å²) in [6, 6.07) is 17.0. The van der Waals surface area contributed by atoms with Crippen LogP contribution in [0.1, 0.15) is 72.8 Å². The highest BCUT2D eigenvalue weighted by atomic mass is 19.1. The van der Waals surface area contributed by atoms with Crippen molar-refractivity contribution < 1.29 is 18.4 Å². The zero-order chi connectivity index (χ0) is 28.3. The molecule has 1 atom stereocenters. The molecule has 2 aromatic heterocycles. The predicted molar refractivity (Wildman–Crippen MR) is 150 cm³/mol. The summed E-state index contributed by atoms with van der Waals surface area (Å²) in [6.07, 6.45) is 7.14. The van der Waals surface area contributed by atoms with Crippen molar-refractivity contribution in [3.05, 3.63) is 114 Å². The lowest BCUT2D eigenvalue weighted by atomic mass is 9.87. The highest BCUT2D eigenvalue weighted by Crippen LogP contribution is 2.35. The number of hydrogen-bond acceptors (Lipinski definition) is 5. The van der Waals surface area contributed by atoms with Crippen molar-refractivity contribution in [2.75, 3.05) is 18.0 Å². The van der Waals surface area contributed by atoms with Gasteiger partial charge in [0.2, 0.25) is 5.91 Å². The summed E-state index contributed by atoms with van der Waals surface area (Å²) < 4.78 is 19.0. The normalized spacial score (nSPS) is 15.1. The Morgan fingerprint density at radius 1 is 1.05 bits per heavy atom. The number of hydrogen-bond donors (Lipinski definition) is 0. The Labute approximate surface area is 233 Å². The maximum atomic E-state index is 14.3. The molecule has 7 nitrogen and oxygen atoms in total. The molecule has 1 aliphatic rings. The van der Waals surface area contributed by atoms with Gasteiger partial charge in [-0.25, -0.2) is 9.37 Å². The molecule has 0 spiro atoms. The van der Waals surface area contributed by atoms with Crippen molar-refractivity contribution in [3.63, 3.8) is 0 Å². The lowest BCUT2D eigenvalue weighted by Crippen LogP contribution is -2.48. The van der Waals surface area contributed by atoms with Crippen LogP contribution in [0.4, 0.5) is 10.1 Å². The second-order valence-corrected chi connectivity index (χ2v) is 11.2. The van der Waals surface area contributed by atoms with Gasteiger partial charge in [0.25, 0.3) is 5.91 Å². The van der Waals surface area contributed by atoms with Gasteiger partial charge in [-0.3, -0.25) is 19.5 Å². The van der Waals surface area contributed by atoms with E-state index in [0.717, 1.165) is 11.1 Å². The molecular formula is C32H33FN4O3. The van der Waals surface area contributed by atoms with Crippen LogP contribution in [-0.2, 0) is 10.2 Å². The first kappa shape index (κ1) is 27.2. The summed E-state index contributed by atoms with van der Waals surface area (Å²) in [7, 11) is 0. The number of carbonyl (C=O) groups excluding carboxylic acids is 2. The maximum Gasteiger partial charge on any atom is 0.281 e. The van der Waals surface area contributed by atoms with Crippen LogP contribution in [0.15, 0.2) is 90.1 Å². The number of piperidine rings is 1. The van der Waals surface area contributed by atoms with Crippen LogP contribution < -0.4 is 4.90 Å². The first-order valence-electron chi connectivity index (χ1n) is 13.5. The minimum atomic E-state index is -0.968. The van der Waals surface area contributed by atoms with E-state index in [9.17, 15) is 14.0 Å². The van der Waals surface area contributed by atoms with E-state index in [-0.39, 0.29) is 28.8 Å². The minimum Gasteiger partial charge on any atom is -0.451 e. The van der Waals surface area contributed by atoms with E-state index < -0.39 is 11.9 Å². The van der Waals surface area contributed by atoms with Crippen LogP contribution in [-0.4, -0.2) is 39.8 Å². The fraction of sp³-hybridized carbons (Fsp3) is 0.312. The third-order valence-corrected chi connectivity index (χ3v) is 7.50. The molecule has 40 heavy (non-hydrogen) atoms. The lowest BCUT2D eigenvalue weighted by molar-refractivity contribution is -0.133. The van der Waals surface area contributed by atoms with Crippen molar-refractivity contribution >= 4 is 17.5 Å². The van der Waals surface area contributed by atoms with Crippen molar-refractivity contribution in [3.8, 4) is 0 Å². The largest absolute Gasteiger partial charge is 0.451 e. The second kappa shape index (κ2) is 11.4. The van der Waals surface area contributed by atoms with Gasteiger partial charge >= 0.3 is 0 Å². The Kier molecular flexibility index (Phi) is 7.78. The summed E-state index contributed by atoms with van der Waals surface area (Å²) in [4.78, 5) is 39.9. The first-order chi connectivity index (χ1) is 19.2. The Hall–Kier alpha value is -4.33. The van der Waals surface area contributed by atoms with Crippen LogP contribution in [0, 0.1) is 5.82 Å². The summed E-state index contributed by atoms with van der Waals surface area (Å²) in [5.41, 5.74) is 3.23. The number of carbonyl (C=O) groups is 2. The van der Waals surface area contributed by atoms with E-state index in [1.54, 1.807) is 35.5 Å². The van der Waals surface area contributed by atoms with E-state index in [1.807, 2.05) is 36.4 Å². The molecule has 206 valence electrons. The molecule has 2 aromatic carbocycles. The zero-order valence-electron chi connectivity index (χ0n) is 23.0. The molecule has 8 heteroatoms.